The second-order valence-electron chi connectivity index (χ2n) is 6.03. The molecular weight excluding hydrogens is 320 g/mol. The SMILES string of the molecule is COCCC1(NS(C)(=O)=O)CCN(C(=O)c2ccnn2C)CC1. The van der Waals surface area contributed by atoms with E-state index in [1.807, 2.05) is 0 Å². The molecule has 1 aliphatic heterocycles. The normalized spacial score (nSPS) is 18.1. The molecule has 0 unspecified atom stereocenters. The van der Waals surface area contributed by atoms with E-state index in [0.29, 0.717) is 44.7 Å². The maximum Gasteiger partial charge on any atom is 0.272 e. The Hall–Kier alpha value is -1.45. The number of nitrogens with zero attached hydrogens (tertiary/aromatic N) is 3. The van der Waals surface area contributed by atoms with Gasteiger partial charge < -0.3 is 9.64 Å². The quantitative estimate of drug-likeness (QED) is 0.783. The van der Waals surface area contributed by atoms with Crippen molar-refractivity contribution in [3.05, 3.63) is 18.0 Å². The van der Waals surface area contributed by atoms with Crippen LogP contribution in [0.1, 0.15) is 29.8 Å². The van der Waals surface area contributed by atoms with E-state index in [-0.39, 0.29) is 5.91 Å². The molecule has 1 aromatic rings. The number of sulfonamides is 1. The molecule has 0 saturated carbocycles. The minimum Gasteiger partial charge on any atom is -0.385 e. The number of carbonyl (C=O) groups is 1. The molecule has 9 heteroatoms. The molecule has 0 atom stereocenters. The van der Waals surface area contributed by atoms with Crippen molar-refractivity contribution in [1.82, 2.24) is 19.4 Å². The van der Waals surface area contributed by atoms with Crippen molar-refractivity contribution in [2.75, 3.05) is 33.1 Å². The predicted octanol–water partition coefficient (Wildman–Crippen LogP) is -0.0194. The van der Waals surface area contributed by atoms with Gasteiger partial charge in [0.05, 0.1) is 6.26 Å². The summed E-state index contributed by atoms with van der Waals surface area (Å²) in [6.07, 6.45) is 4.46. The lowest BCUT2D eigenvalue weighted by Crippen LogP contribution is -2.56. The highest BCUT2D eigenvalue weighted by Gasteiger charge is 2.38. The second-order valence-corrected chi connectivity index (χ2v) is 7.78. The highest BCUT2D eigenvalue weighted by Crippen LogP contribution is 2.27. The number of likely N-dealkylation sites (tertiary alicyclic amines) is 1. The van der Waals surface area contributed by atoms with Gasteiger partial charge in [0.2, 0.25) is 10.0 Å². The summed E-state index contributed by atoms with van der Waals surface area (Å²) in [5.41, 5.74) is -0.0159. The van der Waals surface area contributed by atoms with Crippen molar-refractivity contribution in [2.24, 2.45) is 7.05 Å². The first-order chi connectivity index (χ1) is 10.8. The third-order valence-electron chi connectivity index (χ3n) is 4.23. The monoisotopic (exact) mass is 344 g/mol. The molecule has 1 N–H and O–H groups in total. The number of methoxy groups -OCH3 is 1. The van der Waals surface area contributed by atoms with Crippen LogP contribution >= 0.6 is 0 Å². The molecular formula is C14H24N4O4S. The van der Waals surface area contributed by atoms with Crippen molar-refractivity contribution < 1.29 is 17.9 Å². The zero-order chi connectivity index (χ0) is 17.1. The number of aryl methyl sites for hydroxylation is 1. The Balaban J connectivity index is 2.06. The van der Waals surface area contributed by atoms with Crippen LogP contribution in [0, 0.1) is 0 Å². The van der Waals surface area contributed by atoms with Crippen LogP contribution in [0.5, 0.6) is 0 Å². The fourth-order valence-corrected chi connectivity index (χ4v) is 4.07. The van der Waals surface area contributed by atoms with Crippen molar-refractivity contribution in [3.63, 3.8) is 0 Å². The van der Waals surface area contributed by atoms with Gasteiger partial charge in [-0.05, 0) is 25.3 Å². The Morgan fingerprint density at radius 2 is 2.09 bits per heavy atom. The molecule has 0 bridgehead atoms. The molecule has 130 valence electrons. The van der Waals surface area contributed by atoms with Crippen LogP contribution in [0.4, 0.5) is 0 Å². The lowest BCUT2D eigenvalue weighted by Gasteiger charge is -2.41. The highest BCUT2D eigenvalue weighted by molar-refractivity contribution is 7.88. The molecule has 0 aliphatic carbocycles. The number of rotatable bonds is 6. The van der Waals surface area contributed by atoms with Gasteiger partial charge in [0.1, 0.15) is 5.69 Å². The Bertz CT molecular complexity index is 647. The molecule has 2 rings (SSSR count). The molecule has 2 heterocycles. The molecule has 8 nitrogen and oxygen atoms in total. The van der Waals surface area contributed by atoms with Gasteiger partial charge in [-0.2, -0.15) is 5.10 Å². The van der Waals surface area contributed by atoms with Gasteiger partial charge in [-0.15, -0.1) is 0 Å². The van der Waals surface area contributed by atoms with Crippen LogP contribution in [-0.4, -0.2) is 67.6 Å². The maximum absolute atomic E-state index is 12.5. The van der Waals surface area contributed by atoms with E-state index >= 15 is 0 Å². The zero-order valence-electron chi connectivity index (χ0n) is 13.8. The zero-order valence-corrected chi connectivity index (χ0v) is 14.6. The van der Waals surface area contributed by atoms with Crippen molar-refractivity contribution in [3.8, 4) is 0 Å². The number of amides is 1. The number of carbonyl (C=O) groups excluding carboxylic acids is 1. The van der Waals surface area contributed by atoms with Gasteiger partial charge in [0.15, 0.2) is 0 Å². The maximum atomic E-state index is 12.5. The molecule has 0 aromatic carbocycles. The van der Waals surface area contributed by atoms with Gasteiger partial charge in [-0.3, -0.25) is 9.48 Å². The summed E-state index contributed by atoms with van der Waals surface area (Å²) >= 11 is 0. The van der Waals surface area contributed by atoms with Crippen LogP contribution in [0.15, 0.2) is 12.3 Å². The average molecular weight is 344 g/mol. The van der Waals surface area contributed by atoms with Gasteiger partial charge in [-0.25, -0.2) is 13.1 Å². The van der Waals surface area contributed by atoms with Crippen LogP contribution in [0.3, 0.4) is 0 Å². The van der Waals surface area contributed by atoms with E-state index in [2.05, 4.69) is 9.82 Å². The first-order valence-corrected chi connectivity index (χ1v) is 9.41. The van der Waals surface area contributed by atoms with E-state index in [1.165, 1.54) is 0 Å². The number of ether oxygens (including phenoxy) is 1. The lowest BCUT2D eigenvalue weighted by atomic mass is 9.85. The lowest BCUT2D eigenvalue weighted by molar-refractivity contribution is 0.0610. The second kappa shape index (κ2) is 6.98. The fraction of sp³-hybridized carbons (Fsp3) is 0.714. The van der Waals surface area contributed by atoms with E-state index in [0.717, 1.165) is 6.26 Å². The minimum absolute atomic E-state index is 0.0790. The summed E-state index contributed by atoms with van der Waals surface area (Å²) in [6.45, 7) is 1.46. The number of aromatic nitrogens is 2. The summed E-state index contributed by atoms with van der Waals surface area (Å²) in [5.74, 6) is -0.0790. The van der Waals surface area contributed by atoms with Gasteiger partial charge in [0, 0.05) is 45.6 Å². The molecule has 1 saturated heterocycles. The fourth-order valence-electron chi connectivity index (χ4n) is 2.98. The number of hydrogen-bond donors (Lipinski definition) is 1. The van der Waals surface area contributed by atoms with Crippen LogP contribution in [0.2, 0.25) is 0 Å². The van der Waals surface area contributed by atoms with Gasteiger partial charge >= 0.3 is 0 Å². The Labute approximate surface area is 136 Å². The molecule has 1 amide bonds. The van der Waals surface area contributed by atoms with Gasteiger partial charge in [-0.1, -0.05) is 0 Å². The van der Waals surface area contributed by atoms with Crippen molar-refractivity contribution in [1.29, 1.82) is 0 Å². The van der Waals surface area contributed by atoms with E-state index in [1.54, 1.807) is 36.0 Å². The number of hydrogen-bond acceptors (Lipinski definition) is 5. The molecule has 23 heavy (non-hydrogen) atoms. The molecule has 1 aliphatic rings. The smallest absolute Gasteiger partial charge is 0.272 e. The molecule has 0 radical (unpaired) electrons. The summed E-state index contributed by atoms with van der Waals surface area (Å²) < 4.78 is 32.7. The average Bonchev–Trinajstić information content (AvgIpc) is 2.90. The van der Waals surface area contributed by atoms with Crippen molar-refractivity contribution >= 4 is 15.9 Å². The molecule has 1 aromatic heterocycles. The van der Waals surface area contributed by atoms with Gasteiger partial charge in [0.25, 0.3) is 5.91 Å². The topological polar surface area (TPSA) is 93.5 Å². The highest BCUT2D eigenvalue weighted by atomic mass is 32.2. The van der Waals surface area contributed by atoms with Crippen LogP contribution < -0.4 is 4.72 Å². The van der Waals surface area contributed by atoms with E-state index in [9.17, 15) is 13.2 Å². The summed E-state index contributed by atoms with van der Waals surface area (Å²) in [7, 11) is -0.00344. The standard InChI is InChI=1S/C14H24N4O4S/c1-17-12(4-8-15-17)13(19)18-9-5-14(6-10-18,7-11-22-2)16-23(3,20)21/h4,8,16H,5-7,9-11H2,1-3H3. The number of nitrogens with one attached hydrogen (secondary N) is 1. The Kier molecular flexibility index (Phi) is 5.43. The summed E-state index contributed by atoms with van der Waals surface area (Å²) in [6, 6.07) is 1.68. The third-order valence-corrected chi connectivity index (χ3v) is 5.04. The number of piperidine rings is 1. The van der Waals surface area contributed by atoms with Crippen LogP contribution in [0.25, 0.3) is 0 Å². The Morgan fingerprint density at radius 3 is 2.57 bits per heavy atom. The van der Waals surface area contributed by atoms with Crippen molar-refractivity contribution in [2.45, 2.75) is 24.8 Å². The largest absolute Gasteiger partial charge is 0.385 e. The minimum atomic E-state index is -3.32. The first kappa shape index (κ1) is 17.9. The third kappa shape index (κ3) is 4.52. The van der Waals surface area contributed by atoms with E-state index < -0.39 is 15.6 Å². The summed E-state index contributed by atoms with van der Waals surface area (Å²) in [5, 5.41) is 4.01. The Morgan fingerprint density at radius 1 is 1.43 bits per heavy atom. The van der Waals surface area contributed by atoms with Crippen LogP contribution in [-0.2, 0) is 21.8 Å². The summed E-state index contributed by atoms with van der Waals surface area (Å²) in [4.78, 5) is 14.2. The molecule has 0 spiro atoms. The van der Waals surface area contributed by atoms with E-state index in [4.69, 9.17) is 4.74 Å². The molecule has 1 fully saturated rings. The first-order valence-electron chi connectivity index (χ1n) is 7.51. The predicted molar refractivity (Wildman–Crippen MR) is 85.5 cm³/mol.